The normalized spacial score (nSPS) is 24.5. The molecule has 1 unspecified atom stereocenters. The van der Waals surface area contributed by atoms with E-state index in [-0.39, 0.29) is 11.6 Å². The highest BCUT2D eigenvalue weighted by molar-refractivity contribution is 7.80. The number of nitrogens with zero attached hydrogens (tertiary/aromatic N) is 1. The van der Waals surface area contributed by atoms with Crippen molar-refractivity contribution < 1.29 is 4.74 Å². The molecular weight excluding hydrogens is 196 g/mol. The molecule has 1 aliphatic rings. The van der Waals surface area contributed by atoms with Crippen LogP contribution in [0.2, 0.25) is 0 Å². The van der Waals surface area contributed by atoms with Crippen LogP contribution in [0.25, 0.3) is 0 Å². The van der Waals surface area contributed by atoms with Crippen LogP contribution in [0.1, 0.15) is 27.2 Å². The van der Waals surface area contributed by atoms with Gasteiger partial charge in [-0.05, 0) is 20.3 Å². The molecule has 0 radical (unpaired) electrons. The highest BCUT2D eigenvalue weighted by Gasteiger charge is 2.35. The average Bonchev–Trinajstić information content (AvgIpc) is 2.08. The zero-order valence-corrected chi connectivity index (χ0v) is 10.1. The van der Waals surface area contributed by atoms with Crippen LogP contribution in [0, 0.1) is 0 Å². The van der Waals surface area contributed by atoms with Crippen LogP contribution in [0.4, 0.5) is 0 Å². The van der Waals surface area contributed by atoms with Gasteiger partial charge in [0.05, 0.1) is 24.2 Å². The molecule has 0 aromatic carbocycles. The number of morpholine rings is 1. The lowest BCUT2D eigenvalue weighted by Crippen LogP contribution is -2.59. The van der Waals surface area contributed by atoms with Crippen molar-refractivity contribution in [1.29, 1.82) is 0 Å². The van der Waals surface area contributed by atoms with Crippen molar-refractivity contribution in [2.45, 2.75) is 38.8 Å². The molecule has 0 bridgehead atoms. The van der Waals surface area contributed by atoms with Crippen LogP contribution >= 0.6 is 12.2 Å². The Balaban J connectivity index is 2.76. The molecule has 1 aliphatic heterocycles. The Kier molecular flexibility index (Phi) is 3.86. The Morgan fingerprint density at radius 3 is 2.71 bits per heavy atom. The third kappa shape index (κ3) is 2.43. The number of rotatable bonds is 3. The highest BCUT2D eigenvalue weighted by Crippen LogP contribution is 2.23. The summed E-state index contributed by atoms with van der Waals surface area (Å²) in [6.07, 6.45) is 0.971. The van der Waals surface area contributed by atoms with E-state index in [1.54, 1.807) is 0 Å². The van der Waals surface area contributed by atoms with Gasteiger partial charge in [0, 0.05) is 12.1 Å². The van der Waals surface area contributed by atoms with Crippen LogP contribution in [0.3, 0.4) is 0 Å². The first kappa shape index (κ1) is 11.9. The first-order valence-corrected chi connectivity index (χ1v) is 5.53. The Morgan fingerprint density at radius 2 is 2.29 bits per heavy atom. The molecule has 0 amide bonds. The van der Waals surface area contributed by atoms with E-state index in [1.165, 1.54) is 0 Å². The van der Waals surface area contributed by atoms with Crippen molar-refractivity contribution in [3.05, 3.63) is 0 Å². The second-order valence-electron chi connectivity index (χ2n) is 4.38. The van der Waals surface area contributed by atoms with E-state index in [0.29, 0.717) is 4.99 Å². The van der Waals surface area contributed by atoms with Crippen LogP contribution in [0.15, 0.2) is 0 Å². The summed E-state index contributed by atoms with van der Waals surface area (Å²) in [5, 5.41) is 0. The number of nitrogens with two attached hydrogens (primary N) is 1. The lowest BCUT2D eigenvalue weighted by atomic mass is 9.98. The zero-order chi connectivity index (χ0) is 10.8. The van der Waals surface area contributed by atoms with Crippen LogP contribution in [-0.2, 0) is 4.74 Å². The van der Waals surface area contributed by atoms with E-state index in [9.17, 15) is 0 Å². The summed E-state index contributed by atoms with van der Waals surface area (Å²) in [5.74, 6) is 0. The maximum absolute atomic E-state index is 5.75. The largest absolute Gasteiger partial charge is 0.392 e. The van der Waals surface area contributed by atoms with Crippen molar-refractivity contribution in [2.75, 3.05) is 19.8 Å². The second kappa shape index (κ2) is 4.55. The van der Waals surface area contributed by atoms with Crippen molar-refractivity contribution in [2.24, 2.45) is 5.73 Å². The summed E-state index contributed by atoms with van der Waals surface area (Å²) >= 11 is 5.09. The topological polar surface area (TPSA) is 38.5 Å². The van der Waals surface area contributed by atoms with Crippen LogP contribution in [0.5, 0.6) is 0 Å². The van der Waals surface area contributed by atoms with E-state index >= 15 is 0 Å². The number of ether oxygens (including phenoxy) is 1. The third-order valence-electron chi connectivity index (χ3n) is 2.80. The summed E-state index contributed by atoms with van der Waals surface area (Å²) in [6, 6.07) is 0.212. The molecule has 4 heteroatoms. The Labute approximate surface area is 91.6 Å². The minimum absolute atomic E-state index is 0.0440. The standard InChI is InChI=1S/C10H20N2OS/c1-4-8(9(11)14)12-5-6-13-7-10(12,2)3/h8H,4-7H2,1-3H3,(H2,11,14). The summed E-state index contributed by atoms with van der Waals surface area (Å²) in [5.41, 5.74) is 5.79. The van der Waals surface area contributed by atoms with Crippen LogP contribution in [-0.4, -0.2) is 41.2 Å². The molecule has 0 spiro atoms. The van der Waals surface area contributed by atoms with Gasteiger partial charge in [0.2, 0.25) is 0 Å². The quantitative estimate of drug-likeness (QED) is 0.719. The van der Waals surface area contributed by atoms with Gasteiger partial charge >= 0.3 is 0 Å². The molecule has 1 heterocycles. The van der Waals surface area contributed by atoms with Crippen LogP contribution < -0.4 is 5.73 Å². The third-order valence-corrected chi connectivity index (χ3v) is 3.07. The summed E-state index contributed by atoms with van der Waals surface area (Å²) in [6.45, 7) is 8.92. The van der Waals surface area contributed by atoms with Gasteiger partial charge in [-0.3, -0.25) is 4.90 Å². The lowest BCUT2D eigenvalue weighted by molar-refractivity contribution is -0.0604. The Morgan fingerprint density at radius 1 is 1.64 bits per heavy atom. The van der Waals surface area contributed by atoms with E-state index in [1.807, 2.05) is 0 Å². The van der Waals surface area contributed by atoms with Gasteiger partial charge in [-0.1, -0.05) is 19.1 Å². The monoisotopic (exact) mass is 216 g/mol. The highest BCUT2D eigenvalue weighted by atomic mass is 32.1. The average molecular weight is 216 g/mol. The molecule has 1 rings (SSSR count). The molecule has 1 fully saturated rings. The summed E-state index contributed by atoms with van der Waals surface area (Å²) < 4.78 is 5.46. The SMILES string of the molecule is CCC(C(N)=S)N1CCOCC1(C)C. The van der Waals surface area contributed by atoms with Gasteiger partial charge in [-0.25, -0.2) is 0 Å². The fourth-order valence-corrected chi connectivity index (χ4v) is 2.32. The van der Waals surface area contributed by atoms with Gasteiger partial charge in [-0.15, -0.1) is 0 Å². The molecular formula is C10H20N2OS. The van der Waals surface area contributed by atoms with E-state index in [4.69, 9.17) is 22.7 Å². The predicted octanol–water partition coefficient (Wildman–Crippen LogP) is 1.16. The maximum Gasteiger partial charge on any atom is 0.0902 e. The minimum Gasteiger partial charge on any atom is -0.392 e. The molecule has 0 aliphatic carbocycles. The molecule has 0 aromatic heterocycles. The molecule has 14 heavy (non-hydrogen) atoms. The Hall–Kier alpha value is -0.190. The molecule has 0 saturated carbocycles. The zero-order valence-electron chi connectivity index (χ0n) is 9.25. The van der Waals surface area contributed by atoms with Gasteiger partial charge in [0.15, 0.2) is 0 Å². The molecule has 3 nitrogen and oxygen atoms in total. The number of hydrogen-bond acceptors (Lipinski definition) is 3. The molecule has 1 atom stereocenters. The lowest BCUT2D eigenvalue weighted by Gasteiger charge is -2.46. The van der Waals surface area contributed by atoms with Gasteiger partial charge < -0.3 is 10.5 Å². The fourth-order valence-electron chi connectivity index (χ4n) is 2.02. The Bertz CT molecular complexity index is 218. The first-order valence-electron chi connectivity index (χ1n) is 5.13. The second-order valence-corrected chi connectivity index (χ2v) is 4.86. The van der Waals surface area contributed by atoms with Gasteiger partial charge in [0.25, 0.3) is 0 Å². The van der Waals surface area contributed by atoms with E-state index < -0.39 is 0 Å². The first-order chi connectivity index (χ1) is 6.49. The fraction of sp³-hybridized carbons (Fsp3) is 0.900. The smallest absolute Gasteiger partial charge is 0.0902 e. The van der Waals surface area contributed by atoms with Crippen molar-refractivity contribution in [3.8, 4) is 0 Å². The van der Waals surface area contributed by atoms with Gasteiger partial charge in [-0.2, -0.15) is 0 Å². The van der Waals surface area contributed by atoms with Gasteiger partial charge in [0.1, 0.15) is 0 Å². The van der Waals surface area contributed by atoms with E-state index in [0.717, 1.165) is 26.2 Å². The number of thiocarbonyl (C=S) groups is 1. The molecule has 1 saturated heterocycles. The van der Waals surface area contributed by atoms with E-state index in [2.05, 4.69) is 25.7 Å². The van der Waals surface area contributed by atoms with Crippen molar-refractivity contribution >= 4 is 17.2 Å². The summed E-state index contributed by atoms with van der Waals surface area (Å²) in [7, 11) is 0. The van der Waals surface area contributed by atoms with Crippen molar-refractivity contribution in [3.63, 3.8) is 0 Å². The molecule has 2 N–H and O–H groups in total. The van der Waals surface area contributed by atoms with Crippen molar-refractivity contribution in [1.82, 2.24) is 4.90 Å². The number of hydrogen-bond donors (Lipinski definition) is 1. The predicted molar refractivity (Wildman–Crippen MR) is 62.5 cm³/mol. The summed E-state index contributed by atoms with van der Waals surface area (Å²) in [4.78, 5) is 2.96. The maximum atomic E-state index is 5.75. The molecule has 0 aromatic rings. The molecule has 82 valence electrons. The minimum atomic E-state index is 0.0440.